The number of halogens is 2. The van der Waals surface area contributed by atoms with E-state index in [1.807, 2.05) is 37.4 Å². The zero-order chi connectivity index (χ0) is 28.7. The van der Waals surface area contributed by atoms with Crippen molar-refractivity contribution >= 4 is 51.4 Å². The van der Waals surface area contributed by atoms with Crippen molar-refractivity contribution in [1.29, 1.82) is 0 Å². The van der Waals surface area contributed by atoms with Crippen molar-refractivity contribution in [3.8, 4) is 5.88 Å². The molecule has 6 rings (SSSR count). The Morgan fingerprint density at radius 3 is 2.52 bits per heavy atom. The fourth-order valence-electron chi connectivity index (χ4n) is 5.85. The average Bonchev–Trinajstić information content (AvgIpc) is 3.26. The van der Waals surface area contributed by atoms with E-state index in [9.17, 15) is 14.4 Å². The molecule has 1 saturated carbocycles. The van der Waals surface area contributed by atoms with Crippen LogP contribution in [0.3, 0.4) is 0 Å². The minimum absolute atomic E-state index is 0.0245. The molecular weight excluding hydrogens is 602 g/mol. The monoisotopic (exact) mass is 630 g/mol. The number of hydrogen-bond donors (Lipinski definition) is 3. The summed E-state index contributed by atoms with van der Waals surface area (Å²) in [6, 6.07) is 16.1. The van der Waals surface area contributed by atoms with Gasteiger partial charge >= 0.3 is 12.2 Å². The number of aromatic nitrogens is 2. The van der Waals surface area contributed by atoms with Gasteiger partial charge in [-0.1, -0.05) is 67.9 Å². The summed E-state index contributed by atoms with van der Waals surface area (Å²) in [5.74, 6) is 0.00403. The van der Waals surface area contributed by atoms with E-state index < -0.39 is 24.3 Å². The van der Waals surface area contributed by atoms with Gasteiger partial charge in [0, 0.05) is 18.3 Å². The predicted molar refractivity (Wildman–Crippen MR) is 152 cm³/mol. The first-order valence-corrected chi connectivity index (χ1v) is 14.0. The van der Waals surface area contributed by atoms with Crippen LogP contribution < -0.4 is 15.4 Å². The van der Waals surface area contributed by atoms with Gasteiger partial charge in [0.15, 0.2) is 6.17 Å². The SMILES string of the molecule is CC1(C)C2CC(NC(=O)Oc3n[nH]c(NC(=O)c4ccccc4Cl)c3Br)[N+](C)(C(=O)OCc3ccccc3)C1C2. The highest BCUT2D eigenvalue weighted by molar-refractivity contribution is 9.10. The normalized spacial score (nSPS) is 24.4. The van der Waals surface area contributed by atoms with Crippen LogP contribution in [0.15, 0.2) is 59.1 Å². The number of nitrogens with zero attached hydrogens (tertiary/aromatic N) is 2. The van der Waals surface area contributed by atoms with Crippen LogP contribution in [-0.4, -0.2) is 52.0 Å². The molecule has 2 saturated heterocycles. The summed E-state index contributed by atoms with van der Waals surface area (Å²) in [6.45, 7) is 4.45. The van der Waals surface area contributed by atoms with E-state index in [0.29, 0.717) is 17.4 Å². The number of anilines is 1. The number of benzene rings is 2. The lowest BCUT2D eigenvalue weighted by atomic mass is 9.53. The molecule has 40 heavy (non-hydrogen) atoms. The highest BCUT2D eigenvalue weighted by Crippen LogP contribution is 2.58. The molecule has 1 aliphatic carbocycles. The van der Waals surface area contributed by atoms with Crippen LogP contribution in [0.4, 0.5) is 15.4 Å². The summed E-state index contributed by atoms with van der Waals surface area (Å²) < 4.78 is 11.4. The third-order valence-corrected chi connectivity index (χ3v) is 9.39. The van der Waals surface area contributed by atoms with E-state index in [4.69, 9.17) is 21.1 Å². The zero-order valence-corrected chi connectivity index (χ0v) is 24.6. The first-order chi connectivity index (χ1) is 19.0. The molecule has 2 aliphatic heterocycles. The number of carbonyl (C=O) groups is 3. The minimum Gasteiger partial charge on any atom is -0.415 e. The van der Waals surface area contributed by atoms with Gasteiger partial charge in [0.05, 0.1) is 17.6 Å². The van der Waals surface area contributed by atoms with Crippen molar-refractivity contribution in [2.45, 2.75) is 45.5 Å². The second kappa shape index (κ2) is 10.9. The molecule has 10 nitrogen and oxygen atoms in total. The van der Waals surface area contributed by atoms with E-state index in [-0.39, 0.29) is 44.3 Å². The van der Waals surface area contributed by atoms with E-state index in [0.717, 1.165) is 12.0 Å². The Morgan fingerprint density at radius 2 is 1.82 bits per heavy atom. The largest absolute Gasteiger partial charge is 0.518 e. The maximum absolute atomic E-state index is 13.6. The Balaban J connectivity index is 1.27. The molecule has 2 bridgehead atoms. The molecule has 3 heterocycles. The fraction of sp³-hybridized carbons (Fsp3) is 0.357. The van der Waals surface area contributed by atoms with E-state index >= 15 is 0 Å². The highest BCUT2D eigenvalue weighted by atomic mass is 79.9. The summed E-state index contributed by atoms with van der Waals surface area (Å²) in [4.78, 5) is 39.2. The summed E-state index contributed by atoms with van der Waals surface area (Å²) in [7, 11) is 1.81. The Hall–Kier alpha value is -3.41. The molecule has 3 aromatic rings. The molecule has 3 amide bonds. The van der Waals surface area contributed by atoms with Gasteiger partial charge < -0.3 is 14.8 Å². The van der Waals surface area contributed by atoms with Crippen LogP contribution in [0.1, 0.15) is 42.6 Å². The molecule has 3 aliphatic rings. The molecule has 2 aromatic carbocycles. The number of ether oxygens (including phenoxy) is 2. The second-order valence-corrected chi connectivity index (χ2v) is 12.1. The maximum atomic E-state index is 13.6. The van der Waals surface area contributed by atoms with Gasteiger partial charge in [0.25, 0.3) is 11.8 Å². The van der Waals surface area contributed by atoms with E-state index in [1.54, 1.807) is 24.3 Å². The van der Waals surface area contributed by atoms with Gasteiger partial charge in [-0.05, 0) is 39.5 Å². The number of aromatic amines is 1. The summed E-state index contributed by atoms with van der Waals surface area (Å²) >= 11 is 9.43. The second-order valence-electron chi connectivity index (χ2n) is 10.9. The molecule has 3 N–H and O–H groups in total. The number of quaternary nitrogens is 1. The fourth-order valence-corrected chi connectivity index (χ4v) is 6.43. The number of piperidine rings is 2. The van der Waals surface area contributed by atoms with Gasteiger partial charge in [0.2, 0.25) is 0 Å². The zero-order valence-electron chi connectivity index (χ0n) is 22.2. The van der Waals surface area contributed by atoms with Crippen molar-refractivity contribution in [3.63, 3.8) is 0 Å². The topological polar surface area (TPSA) is 122 Å². The molecular formula is C28H30BrClN5O5+. The smallest absolute Gasteiger partial charge is 0.415 e. The summed E-state index contributed by atoms with van der Waals surface area (Å²) in [6.07, 6.45) is -0.270. The number of H-pyrrole nitrogens is 1. The van der Waals surface area contributed by atoms with Crippen LogP contribution in [0.25, 0.3) is 0 Å². The van der Waals surface area contributed by atoms with Gasteiger partial charge in [0.1, 0.15) is 22.9 Å². The Bertz CT molecular complexity index is 1450. The number of fused-ring (bicyclic) bond motifs is 2. The molecule has 210 valence electrons. The van der Waals surface area contributed by atoms with Crippen molar-refractivity contribution in [2.24, 2.45) is 11.3 Å². The van der Waals surface area contributed by atoms with Crippen LogP contribution in [0.5, 0.6) is 5.88 Å². The van der Waals surface area contributed by atoms with E-state index in [2.05, 4.69) is 50.6 Å². The molecule has 4 atom stereocenters. The first-order valence-electron chi connectivity index (χ1n) is 12.9. The number of nitrogens with one attached hydrogen (secondary N) is 3. The van der Waals surface area contributed by atoms with Crippen LogP contribution >= 0.6 is 27.5 Å². The van der Waals surface area contributed by atoms with E-state index in [1.165, 1.54) is 0 Å². The number of hydrogen-bond acceptors (Lipinski definition) is 6. The van der Waals surface area contributed by atoms with Gasteiger partial charge in [-0.25, -0.2) is 9.28 Å². The number of carbonyl (C=O) groups excluding carboxylic acids is 3. The molecule has 4 unspecified atom stereocenters. The van der Waals surface area contributed by atoms with Crippen molar-refractivity contribution in [3.05, 3.63) is 75.2 Å². The highest BCUT2D eigenvalue weighted by Gasteiger charge is 2.68. The standard InChI is InChI=1S/C28H29BrClN5O5/c1-28(2)17-13-20(28)35(3,27(38)39-15-16-9-5-4-6-10-16)21(14-17)31-26(37)40-25-22(29)23(33-34-25)32-24(36)18-11-7-8-12-19(18)30/h4-12,17,20-21H,13-15H2,1-3H3,(H2-,31,32,33,34,36,37)/p+1. The van der Waals surface area contributed by atoms with Crippen molar-refractivity contribution < 1.29 is 28.3 Å². The first kappa shape index (κ1) is 28.1. The van der Waals surface area contributed by atoms with Crippen molar-refractivity contribution in [1.82, 2.24) is 15.5 Å². The lowest BCUT2D eigenvalue weighted by Gasteiger charge is -2.64. The van der Waals surface area contributed by atoms with Crippen LogP contribution in [0, 0.1) is 11.3 Å². The molecule has 0 radical (unpaired) electrons. The third-order valence-electron chi connectivity index (χ3n) is 8.33. The third kappa shape index (κ3) is 5.09. The molecule has 3 fully saturated rings. The summed E-state index contributed by atoms with van der Waals surface area (Å²) in [5.41, 5.74) is 1.08. The molecule has 12 heteroatoms. The van der Waals surface area contributed by atoms with Crippen molar-refractivity contribution in [2.75, 3.05) is 12.4 Å². The number of amides is 3. The number of rotatable bonds is 6. The lowest BCUT2D eigenvalue weighted by Crippen LogP contribution is -2.80. The Labute approximate surface area is 245 Å². The minimum atomic E-state index is -0.777. The average molecular weight is 632 g/mol. The predicted octanol–water partition coefficient (Wildman–Crippen LogP) is 6.09. The summed E-state index contributed by atoms with van der Waals surface area (Å²) in [5, 5.41) is 12.5. The van der Waals surface area contributed by atoms with Crippen LogP contribution in [0.2, 0.25) is 5.02 Å². The van der Waals surface area contributed by atoms with Gasteiger partial charge in [-0.15, -0.1) is 5.10 Å². The van der Waals surface area contributed by atoms with Gasteiger partial charge in [-0.3, -0.25) is 15.2 Å². The molecule has 1 aromatic heterocycles. The molecule has 0 spiro atoms. The van der Waals surface area contributed by atoms with Crippen LogP contribution in [-0.2, 0) is 11.3 Å². The Morgan fingerprint density at radius 1 is 1.12 bits per heavy atom. The Kier molecular flexibility index (Phi) is 7.64. The van der Waals surface area contributed by atoms with Gasteiger partial charge in [-0.2, -0.15) is 4.79 Å². The quantitative estimate of drug-likeness (QED) is 0.283. The lowest BCUT2D eigenvalue weighted by molar-refractivity contribution is -0.921. The maximum Gasteiger partial charge on any atom is 0.518 e.